The highest BCUT2D eigenvalue weighted by atomic mass is 16.2. The topological polar surface area (TPSA) is 46.9 Å². The highest BCUT2D eigenvalue weighted by molar-refractivity contribution is 5.81. The fourth-order valence-corrected chi connectivity index (χ4v) is 2.09. The van der Waals surface area contributed by atoms with Crippen molar-refractivity contribution in [1.82, 2.24) is 14.9 Å². The van der Waals surface area contributed by atoms with Gasteiger partial charge < -0.3 is 9.88 Å². The van der Waals surface area contributed by atoms with Gasteiger partial charge in [0.25, 0.3) is 0 Å². The molecule has 0 spiro atoms. The number of rotatable bonds is 5. The summed E-state index contributed by atoms with van der Waals surface area (Å²) in [5.74, 6) is 2.55. The number of hydrogen-bond donors (Lipinski definition) is 1. The van der Waals surface area contributed by atoms with Gasteiger partial charge in [-0.2, -0.15) is 0 Å². The summed E-state index contributed by atoms with van der Waals surface area (Å²) in [5, 5.41) is 3.03. The van der Waals surface area contributed by atoms with Crippen LogP contribution in [0.4, 0.5) is 0 Å². The van der Waals surface area contributed by atoms with Gasteiger partial charge in [0.1, 0.15) is 5.82 Å². The molecule has 3 atom stereocenters. The first-order valence-corrected chi connectivity index (χ1v) is 6.33. The molecule has 4 heteroatoms. The molecule has 94 valence electrons. The molecule has 1 fully saturated rings. The molecule has 0 bridgehead atoms. The summed E-state index contributed by atoms with van der Waals surface area (Å²) in [6.45, 7) is 7.93. The van der Waals surface area contributed by atoms with Crippen molar-refractivity contribution in [3.63, 3.8) is 0 Å². The number of carbonyl (C=O) groups is 1. The second-order valence-corrected chi connectivity index (χ2v) is 5.30. The van der Waals surface area contributed by atoms with Crippen LogP contribution in [0.2, 0.25) is 0 Å². The maximum absolute atomic E-state index is 11.7. The molecule has 1 N–H and O–H groups in total. The molecule has 1 aliphatic rings. The van der Waals surface area contributed by atoms with Crippen LogP contribution >= 0.6 is 0 Å². The lowest BCUT2D eigenvalue weighted by Gasteiger charge is -2.14. The molecule has 1 aromatic heterocycles. The Morgan fingerprint density at radius 1 is 1.71 bits per heavy atom. The van der Waals surface area contributed by atoms with Gasteiger partial charge in [0.15, 0.2) is 0 Å². The normalized spacial score (nSPS) is 24.4. The molecule has 0 saturated heterocycles. The fraction of sp³-hybridized carbons (Fsp3) is 0.692. The van der Waals surface area contributed by atoms with E-state index < -0.39 is 0 Å². The van der Waals surface area contributed by atoms with Crippen LogP contribution in [0, 0.1) is 24.7 Å². The highest BCUT2D eigenvalue weighted by Crippen LogP contribution is 2.37. The van der Waals surface area contributed by atoms with Crippen molar-refractivity contribution < 1.29 is 4.79 Å². The van der Waals surface area contributed by atoms with E-state index in [9.17, 15) is 4.79 Å². The van der Waals surface area contributed by atoms with Crippen LogP contribution < -0.4 is 5.32 Å². The summed E-state index contributed by atoms with van der Waals surface area (Å²) in [6, 6.07) is 0. The van der Waals surface area contributed by atoms with Crippen LogP contribution in [0.15, 0.2) is 12.4 Å². The first-order valence-electron chi connectivity index (χ1n) is 6.33. The molecule has 0 aromatic carbocycles. The number of aryl methyl sites for hydroxylation is 1. The van der Waals surface area contributed by atoms with E-state index in [2.05, 4.69) is 28.7 Å². The van der Waals surface area contributed by atoms with Crippen LogP contribution in [0.25, 0.3) is 0 Å². The zero-order valence-electron chi connectivity index (χ0n) is 10.8. The van der Waals surface area contributed by atoms with E-state index in [1.807, 2.05) is 19.3 Å². The predicted molar refractivity (Wildman–Crippen MR) is 66.4 cm³/mol. The van der Waals surface area contributed by atoms with Gasteiger partial charge in [-0.3, -0.25) is 4.79 Å². The third-order valence-electron chi connectivity index (χ3n) is 3.50. The number of nitrogens with one attached hydrogen (secondary N) is 1. The van der Waals surface area contributed by atoms with Crippen LogP contribution in [0.3, 0.4) is 0 Å². The van der Waals surface area contributed by atoms with Crippen LogP contribution in [-0.4, -0.2) is 22.0 Å². The molecular weight excluding hydrogens is 214 g/mol. The minimum Gasteiger partial charge on any atom is -0.356 e. The Kier molecular flexibility index (Phi) is 3.50. The summed E-state index contributed by atoms with van der Waals surface area (Å²) in [5.41, 5.74) is 0. The Morgan fingerprint density at radius 2 is 2.41 bits per heavy atom. The van der Waals surface area contributed by atoms with Gasteiger partial charge >= 0.3 is 0 Å². The van der Waals surface area contributed by atoms with E-state index in [1.165, 1.54) is 0 Å². The number of hydrogen-bond acceptors (Lipinski definition) is 2. The molecule has 4 nitrogen and oxygen atoms in total. The highest BCUT2D eigenvalue weighted by Gasteiger charge is 2.38. The van der Waals surface area contributed by atoms with E-state index in [0.29, 0.717) is 11.8 Å². The van der Waals surface area contributed by atoms with Gasteiger partial charge in [-0.25, -0.2) is 4.98 Å². The van der Waals surface area contributed by atoms with Crippen molar-refractivity contribution in [2.75, 3.05) is 6.54 Å². The Morgan fingerprint density at radius 3 is 2.94 bits per heavy atom. The molecule has 1 aliphatic carbocycles. The summed E-state index contributed by atoms with van der Waals surface area (Å²) in [4.78, 5) is 15.8. The van der Waals surface area contributed by atoms with Crippen molar-refractivity contribution in [1.29, 1.82) is 0 Å². The van der Waals surface area contributed by atoms with E-state index in [0.717, 1.165) is 25.3 Å². The maximum Gasteiger partial charge on any atom is 0.223 e. The first kappa shape index (κ1) is 12.1. The number of imidazole rings is 1. The Hall–Kier alpha value is -1.32. The van der Waals surface area contributed by atoms with Crippen LogP contribution in [-0.2, 0) is 11.3 Å². The lowest BCUT2D eigenvalue weighted by atomic mass is 10.1. The third-order valence-corrected chi connectivity index (χ3v) is 3.50. The lowest BCUT2D eigenvalue weighted by molar-refractivity contribution is -0.122. The first-order chi connectivity index (χ1) is 8.08. The molecule has 1 heterocycles. The molecule has 1 aromatic rings. The second-order valence-electron chi connectivity index (χ2n) is 5.30. The molecule has 2 rings (SSSR count). The van der Waals surface area contributed by atoms with Gasteiger partial charge in [0.05, 0.1) is 0 Å². The van der Waals surface area contributed by atoms with Gasteiger partial charge in [-0.1, -0.05) is 13.8 Å². The van der Waals surface area contributed by atoms with E-state index in [-0.39, 0.29) is 11.8 Å². The van der Waals surface area contributed by atoms with Crippen LogP contribution in [0.5, 0.6) is 0 Å². The predicted octanol–water partition coefficient (Wildman–Crippen LogP) is 1.60. The van der Waals surface area contributed by atoms with Gasteiger partial charge in [-0.15, -0.1) is 0 Å². The molecule has 1 saturated carbocycles. The fourth-order valence-electron chi connectivity index (χ4n) is 2.09. The Bertz CT molecular complexity index is 399. The molecule has 1 amide bonds. The molecule has 0 unspecified atom stereocenters. The molecule has 0 aliphatic heterocycles. The maximum atomic E-state index is 11.7. The number of carbonyl (C=O) groups excluding carboxylic acids is 1. The molecule has 17 heavy (non-hydrogen) atoms. The van der Waals surface area contributed by atoms with Gasteiger partial charge in [0.2, 0.25) is 5.91 Å². The Labute approximate surface area is 102 Å². The van der Waals surface area contributed by atoms with Crippen molar-refractivity contribution in [2.24, 2.45) is 17.8 Å². The number of aromatic nitrogens is 2. The Balaban J connectivity index is 1.72. The van der Waals surface area contributed by atoms with E-state index in [1.54, 1.807) is 0 Å². The molecule has 0 radical (unpaired) electrons. The zero-order chi connectivity index (χ0) is 12.4. The average molecular weight is 235 g/mol. The monoisotopic (exact) mass is 235 g/mol. The van der Waals surface area contributed by atoms with Crippen molar-refractivity contribution in [3.8, 4) is 0 Å². The minimum atomic E-state index is 0.228. The number of amides is 1. The van der Waals surface area contributed by atoms with Gasteiger partial charge in [0, 0.05) is 31.4 Å². The standard InChI is InChI=1S/C13H21N3O/c1-9(8-16-5-4-14-11(16)3)7-15-13(17)12-6-10(12)2/h4-5,9-10,12H,6-8H2,1-3H3,(H,15,17)/t9-,10+,12-/m1/s1. The summed E-state index contributed by atoms with van der Waals surface area (Å²) >= 11 is 0. The smallest absolute Gasteiger partial charge is 0.223 e. The average Bonchev–Trinajstić information content (AvgIpc) is 2.89. The van der Waals surface area contributed by atoms with Gasteiger partial charge in [-0.05, 0) is 25.2 Å². The lowest BCUT2D eigenvalue weighted by Crippen LogP contribution is -2.31. The zero-order valence-corrected chi connectivity index (χ0v) is 10.8. The van der Waals surface area contributed by atoms with E-state index >= 15 is 0 Å². The molecular formula is C13H21N3O. The van der Waals surface area contributed by atoms with Crippen LogP contribution in [0.1, 0.15) is 26.1 Å². The third kappa shape index (κ3) is 3.08. The number of nitrogens with zero attached hydrogens (tertiary/aromatic N) is 2. The summed E-state index contributed by atoms with van der Waals surface area (Å²) in [7, 11) is 0. The van der Waals surface area contributed by atoms with Crippen molar-refractivity contribution >= 4 is 5.91 Å². The quantitative estimate of drug-likeness (QED) is 0.842. The summed E-state index contributed by atoms with van der Waals surface area (Å²) < 4.78 is 2.12. The summed E-state index contributed by atoms with van der Waals surface area (Å²) in [6.07, 6.45) is 4.85. The van der Waals surface area contributed by atoms with Crippen molar-refractivity contribution in [2.45, 2.75) is 33.7 Å². The van der Waals surface area contributed by atoms with E-state index in [4.69, 9.17) is 0 Å². The second kappa shape index (κ2) is 4.90. The minimum absolute atomic E-state index is 0.228. The van der Waals surface area contributed by atoms with Crippen molar-refractivity contribution in [3.05, 3.63) is 18.2 Å². The largest absolute Gasteiger partial charge is 0.356 e. The SMILES string of the molecule is Cc1nccn1C[C@H](C)CNC(=O)[C@@H]1C[C@@H]1C.